The zero-order valence-corrected chi connectivity index (χ0v) is 12.2. The van der Waals surface area contributed by atoms with E-state index in [1.165, 1.54) is 10.9 Å². The second-order valence-electron chi connectivity index (χ2n) is 4.60. The topological polar surface area (TPSA) is 53.1 Å². The maximum absolute atomic E-state index is 14.0. The number of amidine groups is 1. The van der Waals surface area contributed by atoms with Gasteiger partial charge in [-0.15, -0.1) is 11.3 Å². The van der Waals surface area contributed by atoms with E-state index in [4.69, 9.17) is 11.1 Å². The van der Waals surface area contributed by atoms with Gasteiger partial charge in [0.2, 0.25) is 0 Å². The molecule has 2 rings (SSSR count). The second kappa shape index (κ2) is 6.63. The van der Waals surface area contributed by atoms with Crippen LogP contribution in [0.25, 0.3) is 0 Å². The van der Waals surface area contributed by atoms with Gasteiger partial charge in [0.15, 0.2) is 0 Å². The van der Waals surface area contributed by atoms with Crippen LogP contribution in [-0.2, 0) is 13.1 Å². The number of nitrogen functional groups attached to an aromatic ring is 1. The molecule has 20 heavy (non-hydrogen) atoms. The van der Waals surface area contributed by atoms with Gasteiger partial charge in [-0.3, -0.25) is 10.3 Å². The third-order valence-corrected chi connectivity index (χ3v) is 4.03. The zero-order valence-electron chi connectivity index (χ0n) is 11.4. The lowest BCUT2D eigenvalue weighted by molar-refractivity contribution is 0.270. The Labute approximate surface area is 122 Å². The highest BCUT2D eigenvalue weighted by molar-refractivity contribution is 7.09. The third-order valence-electron chi connectivity index (χ3n) is 3.16. The molecule has 0 radical (unpaired) electrons. The molecular formula is C15H18FN3S. The van der Waals surface area contributed by atoms with Crippen LogP contribution in [0.5, 0.6) is 0 Å². The average molecular weight is 291 g/mol. The second-order valence-corrected chi connectivity index (χ2v) is 5.63. The quantitative estimate of drug-likeness (QED) is 0.634. The molecule has 106 valence electrons. The fourth-order valence-electron chi connectivity index (χ4n) is 1.99. The first-order chi connectivity index (χ1) is 9.60. The van der Waals surface area contributed by atoms with Gasteiger partial charge >= 0.3 is 0 Å². The van der Waals surface area contributed by atoms with Gasteiger partial charge in [0, 0.05) is 29.1 Å². The molecule has 0 aliphatic heterocycles. The lowest BCUT2D eigenvalue weighted by Crippen LogP contribution is -2.22. The Morgan fingerprint density at radius 2 is 2.15 bits per heavy atom. The van der Waals surface area contributed by atoms with Gasteiger partial charge in [0.25, 0.3) is 0 Å². The van der Waals surface area contributed by atoms with Crippen LogP contribution in [0.15, 0.2) is 35.7 Å². The van der Waals surface area contributed by atoms with Crippen molar-refractivity contribution in [3.05, 3.63) is 57.5 Å². The van der Waals surface area contributed by atoms with Gasteiger partial charge in [-0.25, -0.2) is 4.39 Å². The maximum Gasteiger partial charge on any atom is 0.128 e. The number of halogens is 1. The number of nitrogens with one attached hydrogen (secondary N) is 1. The van der Waals surface area contributed by atoms with E-state index in [0.717, 1.165) is 13.1 Å². The minimum absolute atomic E-state index is 0.110. The summed E-state index contributed by atoms with van der Waals surface area (Å²) < 4.78 is 14.0. The summed E-state index contributed by atoms with van der Waals surface area (Å²) in [5.74, 6) is -0.413. The molecule has 0 fully saturated rings. The summed E-state index contributed by atoms with van der Waals surface area (Å²) in [6.45, 7) is 4.29. The van der Waals surface area contributed by atoms with Crippen molar-refractivity contribution >= 4 is 17.2 Å². The molecule has 0 aliphatic rings. The van der Waals surface area contributed by atoms with Gasteiger partial charge in [0.05, 0.1) is 0 Å². The number of thiophene rings is 1. The predicted molar refractivity (Wildman–Crippen MR) is 81.5 cm³/mol. The van der Waals surface area contributed by atoms with E-state index in [1.807, 2.05) is 11.4 Å². The maximum atomic E-state index is 14.0. The van der Waals surface area contributed by atoms with Gasteiger partial charge in [-0.05, 0) is 24.1 Å². The molecule has 3 nitrogen and oxygen atoms in total. The molecule has 0 atom stereocenters. The zero-order chi connectivity index (χ0) is 14.5. The summed E-state index contributed by atoms with van der Waals surface area (Å²) in [4.78, 5) is 3.45. The first-order valence-electron chi connectivity index (χ1n) is 6.47. The van der Waals surface area contributed by atoms with Gasteiger partial charge in [0.1, 0.15) is 11.7 Å². The van der Waals surface area contributed by atoms with E-state index in [-0.39, 0.29) is 11.7 Å². The summed E-state index contributed by atoms with van der Waals surface area (Å²) in [5, 5.41) is 9.36. The van der Waals surface area contributed by atoms with Crippen molar-refractivity contribution in [3.63, 3.8) is 0 Å². The van der Waals surface area contributed by atoms with Crippen LogP contribution in [0, 0.1) is 11.2 Å². The predicted octanol–water partition coefficient (Wildman–Crippen LogP) is 3.19. The van der Waals surface area contributed by atoms with Crippen molar-refractivity contribution in [1.29, 1.82) is 5.41 Å². The van der Waals surface area contributed by atoms with E-state index in [0.29, 0.717) is 17.7 Å². The SMILES string of the molecule is CCN(Cc1cccs1)Cc1ccc(C(=N)N)cc1F. The first kappa shape index (κ1) is 14.7. The van der Waals surface area contributed by atoms with Crippen LogP contribution < -0.4 is 5.73 Å². The fourth-order valence-corrected chi connectivity index (χ4v) is 2.73. The van der Waals surface area contributed by atoms with E-state index < -0.39 is 0 Å². The van der Waals surface area contributed by atoms with Crippen molar-refractivity contribution in [3.8, 4) is 0 Å². The standard InChI is InChI=1S/C15H18FN3S/c1-2-19(10-13-4-3-7-20-13)9-12-6-5-11(15(17)18)8-14(12)16/h3-8H,2,9-10H2,1H3,(H3,17,18). The molecule has 0 aliphatic carbocycles. The highest BCUT2D eigenvalue weighted by atomic mass is 32.1. The highest BCUT2D eigenvalue weighted by Crippen LogP contribution is 2.16. The lowest BCUT2D eigenvalue weighted by atomic mass is 10.1. The minimum atomic E-state index is -0.303. The van der Waals surface area contributed by atoms with Crippen LogP contribution >= 0.6 is 11.3 Å². The Morgan fingerprint density at radius 1 is 1.35 bits per heavy atom. The lowest BCUT2D eigenvalue weighted by Gasteiger charge is -2.20. The van der Waals surface area contributed by atoms with E-state index in [1.54, 1.807) is 23.5 Å². The Bertz CT molecular complexity index is 581. The van der Waals surface area contributed by atoms with Gasteiger partial charge in [-0.2, -0.15) is 0 Å². The molecule has 1 aromatic heterocycles. The van der Waals surface area contributed by atoms with Crippen LogP contribution in [0.4, 0.5) is 4.39 Å². The van der Waals surface area contributed by atoms with Crippen molar-refractivity contribution in [1.82, 2.24) is 4.90 Å². The number of nitrogens with two attached hydrogens (primary N) is 1. The number of hydrogen-bond acceptors (Lipinski definition) is 3. The molecule has 3 N–H and O–H groups in total. The molecular weight excluding hydrogens is 273 g/mol. The minimum Gasteiger partial charge on any atom is -0.384 e. The molecule has 5 heteroatoms. The smallest absolute Gasteiger partial charge is 0.128 e. The molecule has 0 saturated carbocycles. The van der Waals surface area contributed by atoms with E-state index >= 15 is 0 Å². The molecule has 1 aromatic carbocycles. The first-order valence-corrected chi connectivity index (χ1v) is 7.35. The summed E-state index contributed by atoms with van der Waals surface area (Å²) in [5.41, 5.74) is 6.41. The summed E-state index contributed by atoms with van der Waals surface area (Å²) in [6.07, 6.45) is 0. The third kappa shape index (κ3) is 3.65. The molecule has 0 amide bonds. The number of nitrogens with zero attached hydrogens (tertiary/aromatic N) is 1. The molecule has 2 aromatic rings. The summed E-state index contributed by atoms with van der Waals surface area (Å²) in [6, 6.07) is 8.85. The van der Waals surface area contributed by atoms with Crippen LogP contribution in [0.2, 0.25) is 0 Å². The van der Waals surface area contributed by atoms with Gasteiger partial charge in [-0.1, -0.05) is 25.1 Å². The van der Waals surface area contributed by atoms with Crippen molar-refractivity contribution in [2.45, 2.75) is 20.0 Å². The largest absolute Gasteiger partial charge is 0.384 e. The van der Waals surface area contributed by atoms with Crippen molar-refractivity contribution in [2.24, 2.45) is 5.73 Å². The molecule has 1 heterocycles. The highest BCUT2D eigenvalue weighted by Gasteiger charge is 2.10. The summed E-state index contributed by atoms with van der Waals surface area (Å²) >= 11 is 1.71. The molecule has 0 spiro atoms. The average Bonchev–Trinajstić information content (AvgIpc) is 2.92. The van der Waals surface area contributed by atoms with Crippen LogP contribution in [0.3, 0.4) is 0 Å². The van der Waals surface area contributed by atoms with Crippen molar-refractivity contribution < 1.29 is 4.39 Å². The Hall–Kier alpha value is -1.72. The van der Waals surface area contributed by atoms with E-state index in [9.17, 15) is 4.39 Å². The van der Waals surface area contributed by atoms with E-state index in [2.05, 4.69) is 17.9 Å². The number of rotatable bonds is 6. The summed E-state index contributed by atoms with van der Waals surface area (Å²) in [7, 11) is 0. The number of benzene rings is 1. The van der Waals surface area contributed by atoms with Crippen LogP contribution in [0.1, 0.15) is 22.9 Å². The molecule has 0 bridgehead atoms. The normalized spacial score (nSPS) is 10.9. The molecule has 0 saturated heterocycles. The van der Waals surface area contributed by atoms with Crippen LogP contribution in [-0.4, -0.2) is 17.3 Å². The molecule has 0 unspecified atom stereocenters. The van der Waals surface area contributed by atoms with Crippen molar-refractivity contribution in [2.75, 3.05) is 6.54 Å². The van der Waals surface area contributed by atoms with Gasteiger partial charge < -0.3 is 5.73 Å². The Kier molecular flexibility index (Phi) is 4.87. The number of hydrogen-bond donors (Lipinski definition) is 2. The Morgan fingerprint density at radius 3 is 2.70 bits per heavy atom. The monoisotopic (exact) mass is 291 g/mol. The fraction of sp³-hybridized carbons (Fsp3) is 0.267. The Balaban J connectivity index is 2.09.